The first-order chi connectivity index (χ1) is 13.1. The topological polar surface area (TPSA) is 78.4 Å². The molecule has 3 rings (SSSR count). The van der Waals surface area contributed by atoms with Gasteiger partial charge in [-0.2, -0.15) is 4.40 Å². The summed E-state index contributed by atoms with van der Waals surface area (Å²) in [6.45, 7) is 12.6. The van der Waals surface area contributed by atoms with Gasteiger partial charge in [-0.1, -0.05) is 6.08 Å². The van der Waals surface area contributed by atoms with E-state index in [1.807, 2.05) is 41.5 Å². The summed E-state index contributed by atoms with van der Waals surface area (Å²) in [6.07, 6.45) is 3.93. The normalized spacial score (nSPS) is 31.4. The van der Waals surface area contributed by atoms with Crippen LogP contribution in [0.25, 0.3) is 0 Å². The first-order valence-corrected chi connectivity index (χ1v) is 10.7. The van der Waals surface area contributed by atoms with E-state index in [0.717, 1.165) is 5.47 Å². The predicted octanol–water partition coefficient (Wildman–Crippen LogP) is 3.25. The van der Waals surface area contributed by atoms with E-state index in [1.54, 1.807) is 0 Å². The molecule has 1 aliphatic carbocycles. The summed E-state index contributed by atoms with van der Waals surface area (Å²) < 4.78 is 31.0. The largest absolute Gasteiger partial charge is 0.490 e. The zero-order chi connectivity index (χ0) is 20.6. The molecular weight excluding hydrogens is 379 g/mol. The summed E-state index contributed by atoms with van der Waals surface area (Å²) in [5.74, 6) is 0.403. The molecule has 2 aliphatic heterocycles. The van der Waals surface area contributed by atoms with Crippen LogP contribution < -0.4 is 4.72 Å². The Hall–Kier alpha value is -1.03. The molecule has 2 unspecified atom stereocenters. The van der Waals surface area contributed by atoms with Gasteiger partial charge in [0.1, 0.15) is 12.0 Å². The Balaban J connectivity index is 1.72. The van der Waals surface area contributed by atoms with Gasteiger partial charge in [-0.25, -0.2) is 4.72 Å². The molecular formula is C19H31BN2O5S. The summed E-state index contributed by atoms with van der Waals surface area (Å²) in [5.41, 5.74) is -0.377. The van der Waals surface area contributed by atoms with Gasteiger partial charge in [0.05, 0.1) is 36.0 Å². The van der Waals surface area contributed by atoms with Gasteiger partial charge in [0.2, 0.25) is 5.90 Å². The maximum absolute atomic E-state index is 12.8. The molecule has 0 radical (unpaired) electrons. The lowest BCUT2D eigenvalue weighted by molar-refractivity contribution is -0.158. The van der Waals surface area contributed by atoms with Gasteiger partial charge in [-0.05, 0) is 66.3 Å². The Morgan fingerprint density at radius 3 is 2.54 bits per heavy atom. The van der Waals surface area contributed by atoms with Crippen LogP contribution in [0, 0.1) is 5.41 Å². The number of ether oxygens (including phenoxy) is 2. The molecule has 1 saturated heterocycles. The Morgan fingerprint density at radius 2 is 2.04 bits per heavy atom. The molecule has 2 atom stereocenters. The molecule has 7 nitrogen and oxygen atoms in total. The van der Waals surface area contributed by atoms with E-state index < -0.39 is 5.41 Å². The molecule has 156 valence electrons. The van der Waals surface area contributed by atoms with Gasteiger partial charge in [-0.15, -0.1) is 0 Å². The molecule has 3 aliphatic rings. The van der Waals surface area contributed by atoms with Crippen molar-refractivity contribution in [3.8, 4) is 0 Å². The molecule has 0 spiro atoms. The van der Waals surface area contributed by atoms with E-state index >= 15 is 0 Å². The molecule has 0 aromatic heterocycles. The number of nitrogens with zero attached hydrogens (tertiary/aromatic N) is 1. The lowest BCUT2D eigenvalue weighted by Crippen LogP contribution is -2.42. The van der Waals surface area contributed by atoms with Gasteiger partial charge in [-0.3, -0.25) is 4.79 Å². The zero-order valence-corrected chi connectivity index (χ0v) is 18.5. The highest BCUT2D eigenvalue weighted by atomic mass is 32.2. The monoisotopic (exact) mass is 410 g/mol. The second-order valence-electron chi connectivity index (χ2n) is 8.72. The van der Waals surface area contributed by atoms with Crippen LogP contribution in [0.3, 0.4) is 0 Å². The average molecular weight is 410 g/mol. The number of hydrogen-bond donors (Lipinski definition) is 1. The Labute approximate surface area is 172 Å². The molecule has 0 aromatic carbocycles. The van der Waals surface area contributed by atoms with E-state index in [1.165, 1.54) is 12.1 Å². The highest BCUT2D eigenvalue weighted by Crippen LogP contribution is 2.43. The summed E-state index contributed by atoms with van der Waals surface area (Å²) in [5, 5.41) is 0. The van der Waals surface area contributed by atoms with Crippen molar-refractivity contribution in [3.63, 3.8) is 0 Å². The maximum atomic E-state index is 12.8. The van der Waals surface area contributed by atoms with Crippen LogP contribution in [0.15, 0.2) is 15.9 Å². The fourth-order valence-electron chi connectivity index (χ4n) is 3.43. The fraction of sp³-hybridized carbons (Fsp3) is 0.789. The third-order valence-corrected chi connectivity index (χ3v) is 6.87. The summed E-state index contributed by atoms with van der Waals surface area (Å²) >= 11 is 1.26. The standard InChI is InChI=1S/C19H31BN2O5S/c1-7-24-16(23)19(12-25-15-13(2)21-28-22-15)10-8-14(9-11-19)20-26-17(3,4)18(5,6)27-20/h8,13,21H,7,9-12H2,1-6H3. The van der Waals surface area contributed by atoms with Gasteiger partial charge in [0.15, 0.2) is 0 Å². The minimum Gasteiger partial charge on any atom is -0.478 e. The Kier molecular flexibility index (Phi) is 6.20. The van der Waals surface area contributed by atoms with Gasteiger partial charge >= 0.3 is 13.1 Å². The minimum atomic E-state index is -0.710. The van der Waals surface area contributed by atoms with Crippen molar-refractivity contribution in [2.75, 3.05) is 13.2 Å². The molecule has 28 heavy (non-hydrogen) atoms. The van der Waals surface area contributed by atoms with Crippen molar-refractivity contribution < 1.29 is 23.6 Å². The number of esters is 1. The van der Waals surface area contributed by atoms with E-state index in [2.05, 4.69) is 15.2 Å². The zero-order valence-electron chi connectivity index (χ0n) is 17.7. The number of rotatable bonds is 5. The van der Waals surface area contributed by atoms with Crippen LogP contribution in [-0.4, -0.2) is 49.4 Å². The minimum absolute atomic E-state index is 0.0312. The molecule has 0 aromatic rings. The quantitative estimate of drug-likeness (QED) is 0.424. The number of carbonyl (C=O) groups excluding carboxylic acids is 1. The molecule has 9 heteroatoms. The molecule has 0 bridgehead atoms. The van der Waals surface area contributed by atoms with E-state index in [-0.39, 0.29) is 36.9 Å². The molecule has 1 N–H and O–H groups in total. The van der Waals surface area contributed by atoms with Crippen LogP contribution in [0.5, 0.6) is 0 Å². The maximum Gasteiger partial charge on any atom is 0.490 e. The summed E-state index contributed by atoms with van der Waals surface area (Å²) in [7, 11) is -0.369. The fourth-order valence-corrected chi connectivity index (χ4v) is 4.04. The first-order valence-electron chi connectivity index (χ1n) is 9.94. The van der Waals surface area contributed by atoms with Gasteiger partial charge in [0, 0.05) is 0 Å². The number of hydrogen-bond acceptors (Lipinski definition) is 8. The van der Waals surface area contributed by atoms with Crippen molar-refractivity contribution in [1.82, 2.24) is 4.72 Å². The van der Waals surface area contributed by atoms with Crippen molar-refractivity contribution >= 4 is 31.1 Å². The van der Waals surface area contributed by atoms with Gasteiger partial charge in [0.25, 0.3) is 0 Å². The number of allylic oxidation sites excluding steroid dienone is 2. The van der Waals surface area contributed by atoms with Crippen LogP contribution in [0.2, 0.25) is 0 Å². The number of carbonyl (C=O) groups is 1. The van der Waals surface area contributed by atoms with Gasteiger partial charge < -0.3 is 18.8 Å². The SMILES string of the molecule is CCOC(=O)C1(COC2=NSNC2C)CC=C(B2OC(C)(C)C(C)(C)O2)CC1. The Morgan fingerprint density at radius 1 is 1.36 bits per heavy atom. The van der Waals surface area contributed by atoms with Crippen molar-refractivity contribution in [1.29, 1.82) is 0 Å². The van der Waals surface area contributed by atoms with Crippen molar-refractivity contribution in [2.45, 2.75) is 78.0 Å². The average Bonchev–Trinajstić information content (AvgIpc) is 3.13. The lowest BCUT2D eigenvalue weighted by atomic mass is 9.66. The van der Waals surface area contributed by atoms with E-state index in [4.69, 9.17) is 18.8 Å². The highest BCUT2D eigenvalue weighted by molar-refractivity contribution is 7.96. The van der Waals surface area contributed by atoms with E-state index in [9.17, 15) is 4.79 Å². The summed E-state index contributed by atoms with van der Waals surface area (Å²) in [4.78, 5) is 12.8. The molecule has 2 heterocycles. The van der Waals surface area contributed by atoms with Crippen LogP contribution >= 0.6 is 12.1 Å². The second kappa shape index (κ2) is 8.01. The van der Waals surface area contributed by atoms with Crippen LogP contribution in [0.4, 0.5) is 0 Å². The van der Waals surface area contributed by atoms with Crippen molar-refractivity contribution in [2.24, 2.45) is 9.81 Å². The highest BCUT2D eigenvalue weighted by Gasteiger charge is 2.53. The third kappa shape index (κ3) is 4.13. The second-order valence-corrected chi connectivity index (χ2v) is 9.32. The molecule has 1 fully saturated rings. The van der Waals surface area contributed by atoms with E-state index in [0.29, 0.717) is 31.8 Å². The Bertz CT molecular complexity index is 665. The predicted molar refractivity (Wildman–Crippen MR) is 111 cm³/mol. The van der Waals surface area contributed by atoms with Crippen LogP contribution in [-0.2, 0) is 23.6 Å². The number of nitrogens with one attached hydrogen (secondary N) is 1. The third-order valence-electron chi connectivity index (χ3n) is 6.14. The summed E-state index contributed by atoms with van der Waals surface area (Å²) in [6, 6.07) is 0.0312. The first kappa shape index (κ1) is 21.7. The molecule has 0 saturated carbocycles. The smallest absolute Gasteiger partial charge is 0.478 e. The lowest BCUT2D eigenvalue weighted by Gasteiger charge is -2.34. The van der Waals surface area contributed by atoms with Crippen LogP contribution in [0.1, 0.15) is 60.8 Å². The van der Waals surface area contributed by atoms with Crippen molar-refractivity contribution in [3.05, 3.63) is 11.5 Å². The molecule has 0 amide bonds.